The maximum absolute atomic E-state index is 12.4. The van der Waals surface area contributed by atoms with Crippen LogP contribution in [0.25, 0.3) is 0 Å². The summed E-state index contributed by atoms with van der Waals surface area (Å²) in [6, 6.07) is 1.70. The SMILES string of the molecule is CC1CC(CN)CN1C(=O)c1sccc1SC(F)F. The highest BCUT2D eigenvalue weighted by atomic mass is 32.2. The third-order valence-electron chi connectivity index (χ3n) is 3.29. The minimum Gasteiger partial charge on any atom is -0.335 e. The highest BCUT2D eigenvalue weighted by Gasteiger charge is 2.33. The lowest BCUT2D eigenvalue weighted by Crippen LogP contribution is -2.34. The van der Waals surface area contributed by atoms with E-state index in [1.165, 1.54) is 11.3 Å². The van der Waals surface area contributed by atoms with Crippen molar-refractivity contribution in [3.63, 3.8) is 0 Å². The zero-order chi connectivity index (χ0) is 14.0. The van der Waals surface area contributed by atoms with Crippen molar-refractivity contribution >= 4 is 29.0 Å². The number of likely N-dealkylation sites (tertiary alicyclic amines) is 1. The van der Waals surface area contributed by atoms with Gasteiger partial charge in [-0.2, -0.15) is 8.78 Å². The van der Waals surface area contributed by atoms with Gasteiger partial charge >= 0.3 is 0 Å². The Bertz CT molecular complexity index is 453. The number of thiophene rings is 1. The molecule has 0 saturated carbocycles. The Balaban J connectivity index is 2.14. The molecule has 3 nitrogen and oxygen atoms in total. The molecule has 1 fully saturated rings. The van der Waals surface area contributed by atoms with Crippen LogP contribution in [0.15, 0.2) is 16.3 Å². The van der Waals surface area contributed by atoms with Crippen LogP contribution in [0.5, 0.6) is 0 Å². The lowest BCUT2D eigenvalue weighted by Gasteiger charge is -2.21. The molecule has 2 rings (SSSR count). The van der Waals surface area contributed by atoms with Crippen molar-refractivity contribution in [3.8, 4) is 0 Å². The van der Waals surface area contributed by atoms with Gasteiger partial charge in [-0.25, -0.2) is 0 Å². The molecule has 0 bridgehead atoms. The number of amides is 1. The minimum atomic E-state index is -2.51. The first-order valence-electron chi connectivity index (χ1n) is 6.06. The summed E-state index contributed by atoms with van der Waals surface area (Å²) < 4.78 is 24.9. The summed E-state index contributed by atoms with van der Waals surface area (Å²) in [4.78, 5) is 14.9. The molecule has 1 aromatic rings. The van der Waals surface area contributed by atoms with Gasteiger partial charge in [-0.3, -0.25) is 4.79 Å². The van der Waals surface area contributed by atoms with Crippen molar-refractivity contribution in [1.29, 1.82) is 0 Å². The van der Waals surface area contributed by atoms with Crippen LogP contribution in [0.3, 0.4) is 0 Å². The van der Waals surface area contributed by atoms with Crippen molar-refractivity contribution in [3.05, 3.63) is 16.3 Å². The number of rotatable bonds is 4. The first-order chi connectivity index (χ1) is 9.02. The largest absolute Gasteiger partial charge is 0.335 e. The molecular formula is C12H16F2N2OS2. The van der Waals surface area contributed by atoms with Crippen molar-refractivity contribution in [2.75, 3.05) is 13.1 Å². The normalized spacial score (nSPS) is 23.3. The third-order valence-corrected chi connectivity index (χ3v) is 5.10. The average Bonchev–Trinajstić information content (AvgIpc) is 2.94. The number of halogens is 2. The Hall–Kier alpha value is -0.660. The highest BCUT2D eigenvalue weighted by molar-refractivity contribution is 7.99. The molecule has 1 saturated heterocycles. The Morgan fingerprint density at radius 2 is 2.42 bits per heavy atom. The fourth-order valence-corrected chi connectivity index (χ4v) is 4.02. The Kier molecular flexibility index (Phi) is 4.81. The summed E-state index contributed by atoms with van der Waals surface area (Å²) in [6.45, 7) is 3.14. The van der Waals surface area contributed by atoms with Gasteiger partial charge in [0, 0.05) is 17.5 Å². The number of hydrogen-bond donors (Lipinski definition) is 1. The van der Waals surface area contributed by atoms with E-state index >= 15 is 0 Å². The predicted molar refractivity (Wildman–Crippen MR) is 73.8 cm³/mol. The fraction of sp³-hybridized carbons (Fsp3) is 0.583. The van der Waals surface area contributed by atoms with Crippen LogP contribution in [-0.4, -0.2) is 35.7 Å². The van der Waals surface area contributed by atoms with Crippen LogP contribution >= 0.6 is 23.1 Å². The molecule has 1 amide bonds. The summed E-state index contributed by atoms with van der Waals surface area (Å²) in [5.74, 6) is -2.35. The van der Waals surface area contributed by atoms with Crippen molar-refractivity contribution < 1.29 is 13.6 Å². The lowest BCUT2D eigenvalue weighted by atomic mass is 10.1. The first-order valence-corrected chi connectivity index (χ1v) is 7.82. The molecule has 2 atom stereocenters. The maximum atomic E-state index is 12.4. The molecule has 0 radical (unpaired) electrons. The highest BCUT2D eigenvalue weighted by Crippen LogP contribution is 2.34. The molecule has 2 heterocycles. The van der Waals surface area contributed by atoms with Gasteiger partial charge in [0.05, 0.1) is 0 Å². The number of alkyl halides is 2. The molecule has 1 aliphatic heterocycles. The van der Waals surface area contributed by atoms with Crippen LogP contribution in [0.2, 0.25) is 0 Å². The minimum absolute atomic E-state index is 0.118. The van der Waals surface area contributed by atoms with E-state index in [9.17, 15) is 13.6 Å². The zero-order valence-corrected chi connectivity index (χ0v) is 12.1. The smallest absolute Gasteiger partial charge is 0.288 e. The van der Waals surface area contributed by atoms with Gasteiger partial charge in [-0.05, 0) is 37.3 Å². The van der Waals surface area contributed by atoms with Crippen LogP contribution in [0, 0.1) is 5.92 Å². The summed E-state index contributed by atoms with van der Waals surface area (Å²) >= 11 is 1.65. The van der Waals surface area contributed by atoms with E-state index in [1.807, 2.05) is 6.92 Å². The summed E-state index contributed by atoms with van der Waals surface area (Å²) in [6.07, 6.45) is 0.880. The number of nitrogens with zero attached hydrogens (tertiary/aromatic N) is 1. The van der Waals surface area contributed by atoms with E-state index in [4.69, 9.17) is 5.73 Å². The fourth-order valence-electron chi connectivity index (χ4n) is 2.37. The summed E-state index contributed by atoms with van der Waals surface area (Å²) in [7, 11) is 0. The quantitative estimate of drug-likeness (QED) is 0.870. The Morgan fingerprint density at radius 3 is 3.00 bits per heavy atom. The molecule has 7 heteroatoms. The predicted octanol–water partition coefficient (Wildman–Crippen LogP) is 2.87. The second kappa shape index (κ2) is 6.19. The molecular weight excluding hydrogens is 290 g/mol. The van der Waals surface area contributed by atoms with Gasteiger partial charge in [0.15, 0.2) is 0 Å². The molecule has 106 valence electrons. The number of hydrogen-bond acceptors (Lipinski definition) is 4. The number of carbonyl (C=O) groups is 1. The van der Waals surface area contributed by atoms with Crippen LogP contribution in [0.4, 0.5) is 8.78 Å². The van der Waals surface area contributed by atoms with Crippen LogP contribution in [-0.2, 0) is 0 Å². The maximum Gasteiger partial charge on any atom is 0.288 e. The third kappa shape index (κ3) is 3.27. The van der Waals surface area contributed by atoms with Gasteiger partial charge in [-0.15, -0.1) is 11.3 Å². The molecule has 2 unspecified atom stereocenters. The summed E-state index contributed by atoms with van der Waals surface area (Å²) in [5, 5.41) is 1.68. The molecule has 1 aliphatic rings. The van der Waals surface area contributed by atoms with E-state index in [2.05, 4.69) is 0 Å². The second-order valence-electron chi connectivity index (χ2n) is 4.64. The van der Waals surface area contributed by atoms with E-state index in [-0.39, 0.29) is 11.9 Å². The lowest BCUT2D eigenvalue weighted by molar-refractivity contribution is 0.0745. The van der Waals surface area contributed by atoms with E-state index in [0.717, 1.165) is 6.42 Å². The number of nitrogens with two attached hydrogens (primary N) is 1. The molecule has 1 aromatic heterocycles. The zero-order valence-electron chi connectivity index (χ0n) is 10.5. The molecule has 2 N–H and O–H groups in total. The standard InChI is InChI=1S/C12H16F2N2OS2/c1-7-4-8(5-15)6-16(7)11(17)10-9(2-3-18-10)19-12(13)14/h2-3,7-8,12H,4-6,15H2,1H3. The average molecular weight is 306 g/mol. The van der Waals surface area contributed by atoms with E-state index in [1.54, 1.807) is 16.3 Å². The van der Waals surface area contributed by atoms with Gasteiger partial charge in [0.1, 0.15) is 4.88 Å². The van der Waals surface area contributed by atoms with Crippen molar-refractivity contribution in [2.24, 2.45) is 11.7 Å². The number of thioether (sulfide) groups is 1. The van der Waals surface area contributed by atoms with Crippen LogP contribution < -0.4 is 5.73 Å². The van der Waals surface area contributed by atoms with E-state index < -0.39 is 5.76 Å². The topological polar surface area (TPSA) is 46.3 Å². The molecule has 0 aromatic carbocycles. The monoisotopic (exact) mass is 306 g/mol. The molecule has 19 heavy (non-hydrogen) atoms. The molecule has 0 spiro atoms. The Labute approximate surface area is 119 Å². The number of carbonyl (C=O) groups excluding carboxylic acids is 1. The second-order valence-corrected chi connectivity index (χ2v) is 6.58. The molecule has 0 aliphatic carbocycles. The van der Waals surface area contributed by atoms with Gasteiger partial charge in [-0.1, -0.05) is 11.8 Å². The van der Waals surface area contributed by atoms with Crippen molar-refractivity contribution in [2.45, 2.75) is 30.0 Å². The van der Waals surface area contributed by atoms with Gasteiger partial charge in [0.2, 0.25) is 0 Å². The Morgan fingerprint density at radius 1 is 1.68 bits per heavy atom. The van der Waals surface area contributed by atoms with Crippen LogP contribution in [0.1, 0.15) is 23.0 Å². The summed E-state index contributed by atoms with van der Waals surface area (Å²) in [5.41, 5.74) is 5.63. The van der Waals surface area contributed by atoms with Gasteiger partial charge < -0.3 is 10.6 Å². The van der Waals surface area contributed by atoms with E-state index in [0.29, 0.717) is 40.5 Å². The van der Waals surface area contributed by atoms with Crippen molar-refractivity contribution in [1.82, 2.24) is 4.90 Å². The first kappa shape index (κ1) is 14.7. The van der Waals surface area contributed by atoms with Gasteiger partial charge in [0.25, 0.3) is 11.7 Å².